The third kappa shape index (κ3) is 5.67. The number of allylic oxidation sites excluding steroid dienone is 2. The molecule has 1 aromatic carbocycles. The lowest BCUT2D eigenvalue weighted by molar-refractivity contribution is -0.109. The summed E-state index contributed by atoms with van der Waals surface area (Å²) >= 11 is 0. The first-order chi connectivity index (χ1) is 16.2. The third-order valence-corrected chi connectivity index (χ3v) is 5.40. The number of hydrogen-bond acceptors (Lipinski definition) is 5. The lowest BCUT2D eigenvalue weighted by Gasteiger charge is -2.19. The molecule has 0 fully saturated rings. The molecular formula is C24H25F4N5O. The Balaban J connectivity index is 1.87. The number of fused-ring (bicyclic) bond motifs is 1. The third-order valence-electron chi connectivity index (χ3n) is 5.40. The maximum atomic E-state index is 14.9. The Morgan fingerprint density at radius 3 is 2.56 bits per heavy atom. The second-order valence-corrected chi connectivity index (χ2v) is 7.81. The van der Waals surface area contributed by atoms with Crippen LogP contribution in [0.5, 0.6) is 0 Å². The predicted octanol–water partition coefficient (Wildman–Crippen LogP) is 5.32. The van der Waals surface area contributed by atoms with Crippen LogP contribution in [0.1, 0.15) is 31.7 Å². The molecule has 0 spiro atoms. The van der Waals surface area contributed by atoms with E-state index in [4.69, 9.17) is 0 Å². The zero-order valence-electron chi connectivity index (χ0n) is 18.9. The molecule has 0 aliphatic heterocycles. The Bertz CT molecular complexity index is 1250. The second kappa shape index (κ2) is 10.6. The Morgan fingerprint density at radius 1 is 1.24 bits per heavy atom. The van der Waals surface area contributed by atoms with Gasteiger partial charge in [0.05, 0.1) is 10.9 Å². The normalized spacial score (nSPS) is 12.2. The Hall–Kier alpha value is -3.56. The Labute approximate surface area is 194 Å². The number of rotatable bonds is 9. The lowest BCUT2D eigenvalue weighted by atomic mass is 10.1. The maximum absolute atomic E-state index is 14.9. The molecule has 0 radical (unpaired) electrons. The van der Waals surface area contributed by atoms with Gasteiger partial charge in [-0.05, 0) is 48.1 Å². The van der Waals surface area contributed by atoms with Crippen molar-refractivity contribution in [3.63, 3.8) is 0 Å². The summed E-state index contributed by atoms with van der Waals surface area (Å²) in [5, 5.41) is 4.74. The van der Waals surface area contributed by atoms with Crippen molar-refractivity contribution in [2.45, 2.75) is 45.3 Å². The van der Waals surface area contributed by atoms with E-state index in [-0.39, 0.29) is 28.8 Å². The summed E-state index contributed by atoms with van der Waals surface area (Å²) < 4.78 is 55.9. The number of alkyl halides is 3. The highest BCUT2D eigenvalue weighted by Crippen LogP contribution is 2.28. The van der Waals surface area contributed by atoms with E-state index in [1.54, 1.807) is 16.8 Å². The Morgan fingerprint density at radius 2 is 1.94 bits per heavy atom. The number of aryl methyl sites for hydroxylation is 1. The summed E-state index contributed by atoms with van der Waals surface area (Å²) in [6.07, 6.45) is 3.51. The topological polar surface area (TPSA) is 63.4 Å². The molecule has 10 heteroatoms. The van der Waals surface area contributed by atoms with Gasteiger partial charge in [0.1, 0.15) is 11.5 Å². The van der Waals surface area contributed by atoms with Crippen LogP contribution in [-0.2, 0) is 13.0 Å². The fourth-order valence-corrected chi connectivity index (χ4v) is 3.51. The number of hydrogen-bond donors (Lipinski definition) is 0. The van der Waals surface area contributed by atoms with Gasteiger partial charge in [-0.1, -0.05) is 19.8 Å². The molecule has 34 heavy (non-hydrogen) atoms. The molecule has 0 amide bonds. The van der Waals surface area contributed by atoms with Crippen molar-refractivity contribution in [3.05, 3.63) is 70.3 Å². The fourth-order valence-electron chi connectivity index (χ4n) is 3.51. The average molecular weight is 475 g/mol. The Kier molecular flexibility index (Phi) is 7.80. The number of hydrazone groups is 1. The van der Waals surface area contributed by atoms with Crippen molar-refractivity contribution in [1.82, 2.24) is 19.5 Å². The van der Waals surface area contributed by atoms with E-state index in [2.05, 4.69) is 28.7 Å². The van der Waals surface area contributed by atoms with Crippen molar-refractivity contribution < 1.29 is 17.6 Å². The minimum atomic E-state index is -4.60. The SMILES string of the molecule is C=NN(C)/C(=C\Cc1cnc(-c2cc3ccn(CCCCC)c(=O)c3cc2F)nc1)C(F)(F)F. The van der Waals surface area contributed by atoms with Crippen LogP contribution in [-0.4, -0.2) is 39.5 Å². The highest BCUT2D eigenvalue weighted by molar-refractivity contribution is 5.85. The molecule has 0 bridgehead atoms. The van der Waals surface area contributed by atoms with Crippen molar-refractivity contribution in [2.75, 3.05) is 7.05 Å². The van der Waals surface area contributed by atoms with Gasteiger partial charge in [-0.2, -0.15) is 18.3 Å². The number of benzene rings is 1. The van der Waals surface area contributed by atoms with Gasteiger partial charge in [-0.25, -0.2) is 14.4 Å². The molecule has 2 aromatic heterocycles. The second-order valence-electron chi connectivity index (χ2n) is 7.81. The van der Waals surface area contributed by atoms with E-state index in [1.165, 1.54) is 24.5 Å². The smallest absolute Gasteiger partial charge is 0.315 e. The monoisotopic (exact) mass is 475 g/mol. The quantitative estimate of drug-likeness (QED) is 0.182. The number of pyridine rings is 1. The first kappa shape index (κ1) is 25.1. The minimum absolute atomic E-state index is 0.0696. The summed E-state index contributed by atoms with van der Waals surface area (Å²) in [5.41, 5.74) is -0.725. The van der Waals surface area contributed by atoms with E-state index in [9.17, 15) is 22.4 Å². The molecule has 3 aromatic rings. The molecule has 180 valence electrons. The van der Waals surface area contributed by atoms with Gasteiger partial charge < -0.3 is 4.57 Å². The summed E-state index contributed by atoms with van der Waals surface area (Å²) in [5.74, 6) is -0.582. The van der Waals surface area contributed by atoms with Crippen LogP contribution >= 0.6 is 0 Å². The van der Waals surface area contributed by atoms with E-state index >= 15 is 0 Å². The summed E-state index contributed by atoms with van der Waals surface area (Å²) in [6, 6.07) is 4.43. The highest BCUT2D eigenvalue weighted by atomic mass is 19.4. The van der Waals surface area contributed by atoms with Crippen LogP contribution in [0.3, 0.4) is 0 Å². The van der Waals surface area contributed by atoms with Gasteiger partial charge >= 0.3 is 6.18 Å². The molecule has 3 rings (SSSR count). The number of aromatic nitrogens is 3. The summed E-state index contributed by atoms with van der Waals surface area (Å²) in [4.78, 5) is 20.9. The van der Waals surface area contributed by atoms with Crippen LogP contribution in [0, 0.1) is 5.82 Å². The van der Waals surface area contributed by atoms with Crippen molar-refractivity contribution >= 4 is 17.5 Å². The molecular weight excluding hydrogens is 450 g/mol. The van der Waals surface area contributed by atoms with E-state index in [1.807, 2.05) is 0 Å². The fraction of sp³-hybridized carbons (Fsp3) is 0.333. The highest BCUT2D eigenvalue weighted by Gasteiger charge is 2.36. The molecule has 0 aliphatic rings. The molecule has 0 aliphatic carbocycles. The van der Waals surface area contributed by atoms with Crippen LogP contribution < -0.4 is 5.56 Å². The first-order valence-corrected chi connectivity index (χ1v) is 10.8. The van der Waals surface area contributed by atoms with Gasteiger partial charge in [0.2, 0.25) is 0 Å². The zero-order chi connectivity index (χ0) is 24.9. The predicted molar refractivity (Wildman–Crippen MR) is 124 cm³/mol. The summed E-state index contributed by atoms with van der Waals surface area (Å²) in [7, 11) is 1.15. The van der Waals surface area contributed by atoms with Crippen LogP contribution in [0.2, 0.25) is 0 Å². The van der Waals surface area contributed by atoms with Crippen molar-refractivity contribution in [2.24, 2.45) is 5.10 Å². The number of halogens is 4. The van der Waals surface area contributed by atoms with Crippen molar-refractivity contribution in [3.8, 4) is 11.4 Å². The first-order valence-electron chi connectivity index (χ1n) is 10.8. The number of unbranched alkanes of at least 4 members (excludes halogenated alkanes) is 2. The average Bonchev–Trinajstić information content (AvgIpc) is 2.80. The van der Waals surface area contributed by atoms with Gasteiger partial charge in [0.15, 0.2) is 5.82 Å². The van der Waals surface area contributed by atoms with Crippen LogP contribution in [0.4, 0.5) is 17.6 Å². The summed E-state index contributed by atoms with van der Waals surface area (Å²) in [6.45, 7) is 5.75. The van der Waals surface area contributed by atoms with Crippen LogP contribution in [0.25, 0.3) is 22.2 Å². The van der Waals surface area contributed by atoms with E-state index in [0.717, 1.165) is 32.4 Å². The molecule has 6 nitrogen and oxygen atoms in total. The molecule has 0 unspecified atom stereocenters. The van der Waals surface area contributed by atoms with Gasteiger partial charge in [0.25, 0.3) is 5.56 Å². The molecule has 0 saturated carbocycles. The molecule has 0 atom stereocenters. The minimum Gasteiger partial charge on any atom is -0.315 e. The van der Waals surface area contributed by atoms with E-state index < -0.39 is 17.7 Å². The molecule has 0 N–H and O–H groups in total. The van der Waals surface area contributed by atoms with Gasteiger partial charge in [-0.15, -0.1) is 0 Å². The van der Waals surface area contributed by atoms with E-state index in [0.29, 0.717) is 22.5 Å². The molecule has 0 saturated heterocycles. The van der Waals surface area contributed by atoms with Gasteiger partial charge in [-0.3, -0.25) is 9.80 Å². The lowest BCUT2D eigenvalue weighted by Crippen LogP contribution is -2.24. The standard InChI is InChI=1S/C24H25F4N5O/c1-4-5-6-10-33-11-9-17-12-19(20(25)13-18(17)23(33)34)22-30-14-16(15-31-22)7-8-21(24(26,27)28)32(3)29-2/h8-9,11-15H,2,4-7,10H2,1,3H3/b21-8-. The van der Waals surface area contributed by atoms with Crippen molar-refractivity contribution in [1.29, 1.82) is 0 Å². The van der Waals surface area contributed by atoms with Gasteiger partial charge in [0, 0.05) is 38.9 Å². The zero-order valence-corrected chi connectivity index (χ0v) is 18.9. The number of nitrogens with zero attached hydrogens (tertiary/aromatic N) is 5. The van der Waals surface area contributed by atoms with Crippen LogP contribution in [0.15, 0.2) is 58.5 Å². The largest absolute Gasteiger partial charge is 0.432 e. The maximum Gasteiger partial charge on any atom is 0.432 e. The molecule has 2 heterocycles.